The smallest absolute Gasteiger partial charge is 0.231 e. The quantitative estimate of drug-likeness (QED) is 0.764. The fraction of sp³-hybridized carbons (Fsp3) is 0.389. The molecule has 0 unspecified atom stereocenters. The average Bonchev–Trinajstić information content (AvgIpc) is 2.84. The monoisotopic (exact) mass is 325 g/mol. The molecule has 3 aromatic rings. The predicted molar refractivity (Wildman–Crippen MR) is 98.1 cm³/mol. The van der Waals surface area contributed by atoms with Crippen LogP contribution in [0.4, 0.5) is 11.8 Å². The number of carbonyl (C=O) groups is 1. The maximum atomic E-state index is 11.2. The van der Waals surface area contributed by atoms with E-state index in [1.165, 1.54) is 12.6 Å². The first-order valence-corrected chi connectivity index (χ1v) is 8.31. The molecular formula is C18H23N5O. The van der Waals surface area contributed by atoms with Gasteiger partial charge in [0.05, 0.1) is 10.9 Å². The third-order valence-corrected chi connectivity index (χ3v) is 4.50. The topological polar surface area (TPSA) is 85.8 Å². The molecule has 0 aliphatic carbocycles. The molecule has 1 amide bonds. The molecule has 3 rings (SSSR count). The second-order valence-corrected chi connectivity index (χ2v) is 6.13. The summed E-state index contributed by atoms with van der Waals surface area (Å²) in [4.78, 5) is 19.9. The number of hydrogen-bond donors (Lipinski definition) is 2. The van der Waals surface area contributed by atoms with Crippen molar-refractivity contribution < 1.29 is 4.79 Å². The van der Waals surface area contributed by atoms with E-state index in [2.05, 4.69) is 52.8 Å². The summed E-state index contributed by atoms with van der Waals surface area (Å²) in [7, 11) is 0. The SMILES string of the molecule is CCC(CC)n1c(C)cc2c3c(N)nc(NC(C)=O)nc3ccc21. The number of fused-ring (bicyclic) bond motifs is 3. The lowest BCUT2D eigenvalue weighted by atomic mass is 10.1. The number of aryl methyl sites for hydroxylation is 1. The standard InChI is InChI=1S/C18H23N5O/c1-5-12(6-2)23-10(3)9-13-15(23)8-7-14-16(13)17(19)22-18(21-14)20-11(4)24/h7-9,12H,5-6H2,1-4H3,(H3,19,20,21,22,24). The van der Waals surface area contributed by atoms with Gasteiger partial charge < -0.3 is 10.3 Å². The van der Waals surface area contributed by atoms with Gasteiger partial charge in [-0.3, -0.25) is 10.1 Å². The number of nitrogens with two attached hydrogens (primary N) is 1. The molecule has 2 heterocycles. The molecular weight excluding hydrogens is 302 g/mol. The predicted octanol–water partition coefficient (Wildman–Crippen LogP) is 3.79. The molecule has 0 aliphatic heterocycles. The first-order chi connectivity index (χ1) is 11.5. The van der Waals surface area contributed by atoms with Gasteiger partial charge in [0, 0.05) is 29.6 Å². The number of nitrogen functional groups attached to an aromatic ring is 1. The highest BCUT2D eigenvalue weighted by atomic mass is 16.1. The molecule has 0 saturated heterocycles. The number of nitrogens with zero attached hydrogens (tertiary/aromatic N) is 3. The van der Waals surface area contributed by atoms with Crippen LogP contribution in [-0.4, -0.2) is 20.4 Å². The first kappa shape index (κ1) is 16.2. The van der Waals surface area contributed by atoms with Crippen molar-refractivity contribution in [3.8, 4) is 0 Å². The molecule has 24 heavy (non-hydrogen) atoms. The van der Waals surface area contributed by atoms with Crippen LogP contribution in [0.15, 0.2) is 18.2 Å². The van der Waals surface area contributed by atoms with Crippen LogP contribution in [0.2, 0.25) is 0 Å². The molecule has 0 radical (unpaired) electrons. The van der Waals surface area contributed by atoms with E-state index in [4.69, 9.17) is 5.73 Å². The van der Waals surface area contributed by atoms with Gasteiger partial charge >= 0.3 is 0 Å². The zero-order chi connectivity index (χ0) is 17.4. The molecule has 0 atom stereocenters. The maximum Gasteiger partial charge on any atom is 0.231 e. The normalized spacial score (nSPS) is 11.5. The van der Waals surface area contributed by atoms with Crippen molar-refractivity contribution >= 4 is 39.5 Å². The fourth-order valence-electron chi connectivity index (χ4n) is 3.44. The van der Waals surface area contributed by atoms with Crippen LogP contribution in [0.1, 0.15) is 45.3 Å². The van der Waals surface area contributed by atoms with Crippen molar-refractivity contribution in [2.45, 2.75) is 46.6 Å². The van der Waals surface area contributed by atoms with E-state index < -0.39 is 0 Å². The lowest BCUT2D eigenvalue weighted by Crippen LogP contribution is -2.11. The van der Waals surface area contributed by atoms with Gasteiger partial charge in [-0.2, -0.15) is 4.98 Å². The van der Waals surface area contributed by atoms with Crippen molar-refractivity contribution in [1.82, 2.24) is 14.5 Å². The van der Waals surface area contributed by atoms with Crippen molar-refractivity contribution in [2.24, 2.45) is 0 Å². The Morgan fingerprint density at radius 2 is 2.00 bits per heavy atom. The highest BCUT2D eigenvalue weighted by Crippen LogP contribution is 2.34. The van der Waals surface area contributed by atoms with Gasteiger partial charge in [0.15, 0.2) is 0 Å². The number of anilines is 2. The number of carbonyl (C=O) groups excluding carboxylic acids is 1. The number of amides is 1. The van der Waals surface area contributed by atoms with E-state index in [0.717, 1.165) is 34.6 Å². The zero-order valence-corrected chi connectivity index (χ0v) is 14.6. The van der Waals surface area contributed by atoms with Crippen LogP contribution in [0.3, 0.4) is 0 Å². The minimum absolute atomic E-state index is 0.217. The molecule has 0 spiro atoms. The summed E-state index contributed by atoms with van der Waals surface area (Å²) < 4.78 is 2.37. The van der Waals surface area contributed by atoms with E-state index in [-0.39, 0.29) is 11.9 Å². The molecule has 0 saturated carbocycles. The highest BCUT2D eigenvalue weighted by molar-refractivity contribution is 6.11. The molecule has 6 nitrogen and oxygen atoms in total. The van der Waals surface area contributed by atoms with Crippen LogP contribution >= 0.6 is 0 Å². The average molecular weight is 325 g/mol. The van der Waals surface area contributed by atoms with Crippen LogP contribution < -0.4 is 11.1 Å². The van der Waals surface area contributed by atoms with Crippen molar-refractivity contribution in [1.29, 1.82) is 0 Å². The number of nitrogens with one attached hydrogen (secondary N) is 1. The summed E-state index contributed by atoms with van der Waals surface area (Å²) in [5.74, 6) is 0.407. The summed E-state index contributed by atoms with van der Waals surface area (Å²) in [5.41, 5.74) is 9.28. The van der Waals surface area contributed by atoms with Gasteiger partial charge in [-0.25, -0.2) is 4.98 Å². The van der Waals surface area contributed by atoms with Gasteiger partial charge in [-0.05, 0) is 38.0 Å². The second kappa shape index (κ2) is 6.11. The Hall–Kier alpha value is -2.63. The van der Waals surface area contributed by atoms with Crippen LogP contribution in [0, 0.1) is 6.92 Å². The summed E-state index contributed by atoms with van der Waals surface area (Å²) in [5, 5.41) is 4.49. The number of hydrogen-bond acceptors (Lipinski definition) is 4. The Morgan fingerprint density at radius 1 is 1.29 bits per heavy atom. The van der Waals surface area contributed by atoms with E-state index in [0.29, 0.717) is 11.9 Å². The Labute approximate surface area is 141 Å². The minimum atomic E-state index is -0.217. The summed E-state index contributed by atoms with van der Waals surface area (Å²) >= 11 is 0. The lowest BCUT2D eigenvalue weighted by Gasteiger charge is -2.19. The molecule has 6 heteroatoms. The van der Waals surface area contributed by atoms with Gasteiger partial charge in [-0.1, -0.05) is 13.8 Å². The fourth-order valence-corrected chi connectivity index (χ4v) is 3.44. The number of rotatable bonds is 4. The van der Waals surface area contributed by atoms with E-state index in [9.17, 15) is 4.79 Å². The van der Waals surface area contributed by atoms with Gasteiger partial charge in [0.1, 0.15) is 5.82 Å². The number of aromatic nitrogens is 3. The van der Waals surface area contributed by atoms with E-state index in [1.807, 2.05) is 6.07 Å². The van der Waals surface area contributed by atoms with Crippen molar-refractivity contribution in [3.05, 3.63) is 23.9 Å². The van der Waals surface area contributed by atoms with Gasteiger partial charge in [0.2, 0.25) is 11.9 Å². The molecule has 2 aromatic heterocycles. The third-order valence-electron chi connectivity index (χ3n) is 4.50. The maximum absolute atomic E-state index is 11.2. The molecule has 1 aromatic carbocycles. The lowest BCUT2D eigenvalue weighted by molar-refractivity contribution is -0.114. The van der Waals surface area contributed by atoms with Gasteiger partial charge in [0.25, 0.3) is 0 Å². The minimum Gasteiger partial charge on any atom is -0.383 e. The Balaban J connectivity index is 2.28. The molecule has 0 fully saturated rings. The van der Waals surface area contributed by atoms with Crippen molar-refractivity contribution in [2.75, 3.05) is 11.1 Å². The largest absolute Gasteiger partial charge is 0.383 e. The first-order valence-electron chi connectivity index (χ1n) is 8.31. The van der Waals surface area contributed by atoms with Crippen LogP contribution in [0.25, 0.3) is 21.8 Å². The van der Waals surface area contributed by atoms with E-state index in [1.54, 1.807) is 0 Å². The molecule has 3 N–H and O–H groups in total. The molecule has 0 aliphatic rings. The molecule has 126 valence electrons. The zero-order valence-electron chi connectivity index (χ0n) is 14.6. The van der Waals surface area contributed by atoms with E-state index >= 15 is 0 Å². The summed E-state index contributed by atoms with van der Waals surface area (Å²) in [6.45, 7) is 7.95. The number of benzene rings is 1. The van der Waals surface area contributed by atoms with Gasteiger partial charge in [-0.15, -0.1) is 0 Å². The molecule has 0 bridgehead atoms. The van der Waals surface area contributed by atoms with Crippen molar-refractivity contribution in [3.63, 3.8) is 0 Å². The second-order valence-electron chi connectivity index (χ2n) is 6.13. The summed E-state index contributed by atoms with van der Waals surface area (Å²) in [6.07, 6.45) is 2.15. The van der Waals surface area contributed by atoms with Crippen LogP contribution in [-0.2, 0) is 4.79 Å². The third kappa shape index (κ3) is 2.58. The Kier molecular flexibility index (Phi) is 4.13. The Bertz CT molecular complexity index is 924. The highest BCUT2D eigenvalue weighted by Gasteiger charge is 2.17. The Morgan fingerprint density at radius 3 is 2.62 bits per heavy atom. The summed E-state index contributed by atoms with van der Waals surface area (Å²) in [6, 6.07) is 6.63. The van der Waals surface area contributed by atoms with Crippen LogP contribution in [0.5, 0.6) is 0 Å².